The van der Waals surface area contributed by atoms with Gasteiger partial charge in [-0.1, -0.05) is 0 Å². The second-order valence-corrected chi connectivity index (χ2v) is 5.25. The summed E-state index contributed by atoms with van der Waals surface area (Å²) in [6.45, 7) is 1.27. The number of hydrogen-bond donors (Lipinski definition) is 2. The molecule has 5 nitrogen and oxygen atoms in total. The summed E-state index contributed by atoms with van der Waals surface area (Å²) in [5.41, 5.74) is 5.57. The van der Waals surface area contributed by atoms with E-state index in [4.69, 9.17) is 15.6 Å². The fraction of sp³-hybridized carbons (Fsp3) is 0.923. The SMILES string of the molecule is NCC1CCC(C(=O)N(CCCO)C2CCC2)O1. The molecule has 0 radical (unpaired) electrons. The summed E-state index contributed by atoms with van der Waals surface area (Å²) in [4.78, 5) is 14.3. The number of carbonyl (C=O) groups excluding carboxylic acids is 1. The van der Waals surface area contributed by atoms with E-state index >= 15 is 0 Å². The Labute approximate surface area is 108 Å². The van der Waals surface area contributed by atoms with E-state index in [9.17, 15) is 4.79 Å². The Kier molecular flexibility index (Phi) is 4.97. The molecule has 2 fully saturated rings. The van der Waals surface area contributed by atoms with Gasteiger partial charge in [0, 0.05) is 25.7 Å². The molecule has 1 aliphatic heterocycles. The molecule has 0 aromatic rings. The van der Waals surface area contributed by atoms with Crippen molar-refractivity contribution in [3.8, 4) is 0 Å². The molecule has 2 aliphatic rings. The fourth-order valence-electron chi connectivity index (χ4n) is 2.66. The van der Waals surface area contributed by atoms with Crippen molar-refractivity contribution < 1.29 is 14.6 Å². The number of amides is 1. The zero-order valence-electron chi connectivity index (χ0n) is 10.9. The Morgan fingerprint density at radius 2 is 2.11 bits per heavy atom. The van der Waals surface area contributed by atoms with E-state index in [1.807, 2.05) is 4.90 Å². The summed E-state index contributed by atoms with van der Waals surface area (Å²) < 4.78 is 5.67. The largest absolute Gasteiger partial charge is 0.396 e. The molecule has 5 heteroatoms. The van der Waals surface area contributed by atoms with Gasteiger partial charge in [0.15, 0.2) is 0 Å². The van der Waals surface area contributed by atoms with Crippen molar-refractivity contribution in [3.63, 3.8) is 0 Å². The molecule has 1 saturated heterocycles. The summed E-state index contributed by atoms with van der Waals surface area (Å²) in [5, 5.41) is 8.93. The predicted octanol–water partition coefficient (Wildman–Crippen LogP) is 0.256. The van der Waals surface area contributed by atoms with E-state index < -0.39 is 0 Å². The van der Waals surface area contributed by atoms with Crippen LogP contribution >= 0.6 is 0 Å². The number of nitrogens with zero attached hydrogens (tertiary/aromatic N) is 1. The fourth-order valence-corrected chi connectivity index (χ4v) is 2.66. The quantitative estimate of drug-likeness (QED) is 0.714. The molecule has 1 saturated carbocycles. The van der Waals surface area contributed by atoms with Crippen LogP contribution < -0.4 is 5.73 Å². The number of rotatable bonds is 6. The molecule has 3 N–H and O–H groups in total. The van der Waals surface area contributed by atoms with Crippen LogP contribution in [0.5, 0.6) is 0 Å². The average molecular weight is 256 g/mol. The van der Waals surface area contributed by atoms with E-state index in [2.05, 4.69) is 0 Å². The van der Waals surface area contributed by atoms with E-state index in [1.54, 1.807) is 0 Å². The molecule has 0 bridgehead atoms. The van der Waals surface area contributed by atoms with Crippen molar-refractivity contribution in [1.29, 1.82) is 0 Å². The van der Waals surface area contributed by atoms with Gasteiger partial charge in [-0.25, -0.2) is 0 Å². The Morgan fingerprint density at radius 3 is 2.61 bits per heavy atom. The molecule has 1 amide bonds. The summed E-state index contributed by atoms with van der Waals surface area (Å²) in [7, 11) is 0. The Hall–Kier alpha value is -0.650. The lowest BCUT2D eigenvalue weighted by Gasteiger charge is -2.38. The lowest BCUT2D eigenvalue weighted by Crippen LogP contribution is -2.49. The third-order valence-corrected chi connectivity index (χ3v) is 4.00. The van der Waals surface area contributed by atoms with Gasteiger partial charge in [-0.3, -0.25) is 4.79 Å². The highest BCUT2D eigenvalue weighted by Gasteiger charge is 2.36. The standard InChI is InChI=1S/C13H24N2O3/c14-9-11-5-6-12(18-11)13(17)15(7-2-8-16)10-3-1-4-10/h10-12,16H,1-9,14H2. The molecular formula is C13H24N2O3. The van der Waals surface area contributed by atoms with E-state index in [0.29, 0.717) is 25.6 Å². The van der Waals surface area contributed by atoms with Crippen LogP contribution in [0.3, 0.4) is 0 Å². The molecule has 2 atom stereocenters. The van der Waals surface area contributed by atoms with Crippen LogP contribution in [0.2, 0.25) is 0 Å². The highest BCUT2D eigenvalue weighted by Crippen LogP contribution is 2.28. The lowest BCUT2D eigenvalue weighted by atomic mass is 9.91. The first-order valence-electron chi connectivity index (χ1n) is 7.03. The van der Waals surface area contributed by atoms with Gasteiger partial charge in [0.1, 0.15) is 6.10 Å². The van der Waals surface area contributed by atoms with Crippen LogP contribution in [-0.4, -0.2) is 53.9 Å². The zero-order valence-corrected chi connectivity index (χ0v) is 10.9. The van der Waals surface area contributed by atoms with Gasteiger partial charge in [0.25, 0.3) is 5.91 Å². The van der Waals surface area contributed by atoms with Crippen LogP contribution in [0.1, 0.15) is 38.5 Å². The molecular weight excluding hydrogens is 232 g/mol. The topological polar surface area (TPSA) is 75.8 Å². The van der Waals surface area contributed by atoms with Crippen LogP contribution in [0.25, 0.3) is 0 Å². The molecule has 0 spiro atoms. The third-order valence-electron chi connectivity index (χ3n) is 4.00. The normalized spacial score (nSPS) is 28.1. The molecule has 0 aromatic carbocycles. The summed E-state index contributed by atoms with van der Waals surface area (Å²) >= 11 is 0. The molecule has 18 heavy (non-hydrogen) atoms. The molecule has 1 aliphatic carbocycles. The van der Waals surface area contributed by atoms with E-state index in [1.165, 1.54) is 6.42 Å². The van der Waals surface area contributed by atoms with Crippen molar-refractivity contribution in [2.45, 2.75) is 56.8 Å². The van der Waals surface area contributed by atoms with Crippen LogP contribution in [-0.2, 0) is 9.53 Å². The number of hydrogen-bond acceptors (Lipinski definition) is 4. The predicted molar refractivity (Wildman–Crippen MR) is 68.0 cm³/mol. The maximum absolute atomic E-state index is 12.4. The zero-order chi connectivity index (χ0) is 13.0. The second-order valence-electron chi connectivity index (χ2n) is 5.25. The first-order valence-corrected chi connectivity index (χ1v) is 7.03. The number of carbonyl (C=O) groups is 1. The van der Waals surface area contributed by atoms with Crippen LogP contribution in [0, 0.1) is 0 Å². The van der Waals surface area contributed by atoms with Gasteiger partial charge in [-0.15, -0.1) is 0 Å². The smallest absolute Gasteiger partial charge is 0.251 e. The summed E-state index contributed by atoms with van der Waals surface area (Å²) in [5.74, 6) is 0.101. The van der Waals surface area contributed by atoms with Crippen molar-refractivity contribution >= 4 is 5.91 Å². The monoisotopic (exact) mass is 256 g/mol. The van der Waals surface area contributed by atoms with Crippen molar-refractivity contribution in [2.75, 3.05) is 19.7 Å². The number of aliphatic hydroxyl groups excluding tert-OH is 1. The molecule has 104 valence electrons. The maximum atomic E-state index is 12.4. The Morgan fingerprint density at radius 1 is 1.33 bits per heavy atom. The Balaban J connectivity index is 1.90. The van der Waals surface area contributed by atoms with Gasteiger partial charge >= 0.3 is 0 Å². The third kappa shape index (κ3) is 3.02. The van der Waals surface area contributed by atoms with E-state index in [-0.39, 0.29) is 24.7 Å². The average Bonchev–Trinajstić information content (AvgIpc) is 2.79. The van der Waals surface area contributed by atoms with Crippen LogP contribution in [0.15, 0.2) is 0 Å². The molecule has 2 unspecified atom stereocenters. The minimum atomic E-state index is -0.308. The van der Waals surface area contributed by atoms with Crippen molar-refractivity contribution in [1.82, 2.24) is 4.90 Å². The van der Waals surface area contributed by atoms with Gasteiger partial charge in [-0.2, -0.15) is 0 Å². The molecule has 1 heterocycles. The van der Waals surface area contributed by atoms with Crippen molar-refractivity contribution in [3.05, 3.63) is 0 Å². The second kappa shape index (κ2) is 6.50. The van der Waals surface area contributed by atoms with Gasteiger partial charge < -0.3 is 20.5 Å². The number of aliphatic hydroxyl groups is 1. The molecule has 0 aromatic heterocycles. The minimum absolute atomic E-state index is 0.0417. The Bertz CT molecular complexity index is 281. The lowest BCUT2D eigenvalue weighted by molar-refractivity contribution is -0.147. The maximum Gasteiger partial charge on any atom is 0.251 e. The minimum Gasteiger partial charge on any atom is -0.396 e. The summed E-state index contributed by atoms with van der Waals surface area (Å²) in [6.07, 6.45) is 5.42. The van der Waals surface area contributed by atoms with Gasteiger partial charge in [-0.05, 0) is 38.5 Å². The first kappa shape index (κ1) is 13.8. The molecule has 2 rings (SSSR count). The van der Waals surface area contributed by atoms with Gasteiger partial charge in [0.05, 0.1) is 6.10 Å². The van der Waals surface area contributed by atoms with E-state index in [0.717, 1.165) is 25.7 Å². The highest BCUT2D eigenvalue weighted by atomic mass is 16.5. The number of ether oxygens (including phenoxy) is 1. The van der Waals surface area contributed by atoms with Gasteiger partial charge in [0.2, 0.25) is 0 Å². The van der Waals surface area contributed by atoms with Crippen LogP contribution in [0.4, 0.5) is 0 Å². The number of nitrogens with two attached hydrogens (primary N) is 1. The highest BCUT2D eigenvalue weighted by molar-refractivity contribution is 5.81. The van der Waals surface area contributed by atoms with Crippen molar-refractivity contribution in [2.24, 2.45) is 5.73 Å². The first-order chi connectivity index (χ1) is 8.76. The summed E-state index contributed by atoms with van der Waals surface area (Å²) in [6, 6.07) is 0.365.